The van der Waals surface area contributed by atoms with E-state index in [1.807, 2.05) is 32.0 Å². The van der Waals surface area contributed by atoms with Crippen molar-refractivity contribution in [1.29, 1.82) is 0 Å². The lowest BCUT2D eigenvalue weighted by atomic mass is 10.1. The van der Waals surface area contributed by atoms with Crippen molar-refractivity contribution < 1.29 is 14.3 Å². The molecule has 1 atom stereocenters. The van der Waals surface area contributed by atoms with Crippen LogP contribution in [0.1, 0.15) is 35.3 Å². The van der Waals surface area contributed by atoms with Gasteiger partial charge >= 0.3 is 0 Å². The number of carbonyl (C=O) groups is 2. The molecule has 0 saturated carbocycles. The lowest BCUT2D eigenvalue weighted by molar-refractivity contribution is -0.122. The Labute approximate surface area is 136 Å². The number of anilines is 1. The molecule has 0 fully saturated rings. The Balaban J connectivity index is 2.07. The molecule has 0 spiro atoms. The number of Topliss-reactive ketones (excluding diaryl/α,β-unsaturated/α-hetero) is 1. The van der Waals surface area contributed by atoms with Gasteiger partial charge in [0.05, 0.1) is 0 Å². The molecule has 4 nitrogen and oxygen atoms in total. The standard InChI is InChI=1S/C19H21NO3/c1-12-8-9-13(2)18(10-12)20-19(22)15(4)23-17-7-5-6-16(11-17)14(3)21/h5-11,15H,1-4H3,(H,20,22)/t15-/m0/s1. The molecular formula is C19H21NO3. The topological polar surface area (TPSA) is 55.4 Å². The molecule has 0 radical (unpaired) electrons. The summed E-state index contributed by atoms with van der Waals surface area (Å²) in [6.45, 7) is 7.09. The fourth-order valence-electron chi connectivity index (χ4n) is 2.15. The molecule has 0 aliphatic heterocycles. The molecular weight excluding hydrogens is 290 g/mol. The van der Waals surface area contributed by atoms with Gasteiger partial charge in [-0.15, -0.1) is 0 Å². The number of carbonyl (C=O) groups excluding carboxylic acids is 2. The number of hydrogen-bond donors (Lipinski definition) is 1. The van der Waals surface area contributed by atoms with Crippen molar-refractivity contribution in [3.63, 3.8) is 0 Å². The molecule has 120 valence electrons. The largest absolute Gasteiger partial charge is 0.481 e. The normalized spacial score (nSPS) is 11.7. The lowest BCUT2D eigenvalue weighted by Gasteiger charge is -2.16. The molecule has 23 heavy (non-hydrogen) atoms. The first-order chi connectivity index (χ1) is 10.9. The van der Waals surface area contributed by atoms with E-state index >= 15 is 0 Å². The average molecular weight is 311 g/mol. The zero-order valence-corrected chi connectivity index (χ0v) is 13.8. The molecule has 1 amide bonds. The molecule has 0 heterocycles. The molecule has 4 heteroatoms. The van der Waals surface area contributed by atoms with E-state index in [2.05, 4.69) is 5.32 Å². The van der Waals surface area contributed by atoms with Crippen LogP contribution in [-0.4, -0.2) is 17.8 Å². The summed E-state index contributed by atoms with van der Waals surface area (Å²) in [6, 6.07) is 12.7. The van der Waals surface area contributed by atoms with Crippen LogP contribution in [0.25, 0.3) is 0 Å². The van der Waals surface area contributed by atoms with Crippen molar-refractivity contribution >= 4 is 17.4 Å². The summed E-state index contributed by atoms with van der Waals surface area (Å²) in [4.78, 5) is 23.7. The quantitative estimate of drug-likeness (QED) is 0.852. The van der Waals surface area contributed by atoms with E-state index in [1.165, 1.54) is 6.92 Å². The molecule has 2 rings (SSSR count). The minimum absolute atomic E-state index is 0.0389. The summed E-state index contributed by atoms with van der Waals surface area (Å²) in [6.07, 6.45) is -0.669. The first-order valence-corrected chi connectivity index (χ1v) is 7.52. The third-order valence-electron chi connectivity index (χ3n) is 3.57. The van der Waals surface area contributed by atoms with Crippen molar-refractivity contribution in [2.75, 3.05) is 5.32 Å². The van der Waals surface area contributed by atoms with E-state index in [0.717, 1.165) is 16.8 Å². The second-order valence-corrected chi connectivity index (χ2v) is 5.65. The molecule has 0 aliphatic rings. The van der Waals surface area contributed by atoms with Crippen molar-refractivity contribution in [2.45, 2.75) is 33.8 Å². The number of hydrogen-bond acceptors (Lipinski definition) is 3. The second kappa shape index (κ2) is 7.09. The van der Waals surface area contributed by atoms with Gasteiger partial charge in [0.25, 0.3) is 5.91 Å². The Morgan fingerprint density at radius 2 is 1.83 bits per heavy atom. The first-order valence-electron chi connectivity index (χ1n) is 7.52. The summed E-state index contributed by atoms with van der Waals surface area (Å²) < 4.78 is 5.65. The van der Waals surface area contributed by atoms with Crippen LogP contribution < -0.4 is 10.1 Å². The van der Waals surface area contributed by atoms with Gasteiger partial charge < -0.3 is 10.1 Å². The SMILES string of the molecule is CC(=O)c1cccc(O[C@@H](C)C(=O)Nc2cc(C)ccc2C)c1. The van der Waals surface area contributed by atoms with Crippen molar-refractivity contribution in [3.05, 3.63) is 59.2 Å². The van der Waals surface area contributed by atoms with Crippen molar-refractivity contribution in [2.24, 2.45) is 0 Å². The van der Waals surface area contributed by atoms with E-state index in [0.29, 0.717) is 11.3 Å². The maximum atomic E-state index is 12.3. The lowest BCUT2D eigenvalue weighted by Crippen LogP contribution is -2.30. The average Bonchev–Trinajstić information content (AvgIpc) is 2.51. The highest BCUT2D eigenvalue weighted by Gasteiger charge is 2.16. The maximum Gasteiger partial charge on any atom is 0.265 e. The number of ether oxygens (including phenoxy) is 1. The Morgan fingerprint density at radius 3 is 2.52 bits per heavy atom. The van der Waals surface area contributed by atoms with Gasteiger partial charge in [-0.25, -0.2) is 0 Å². The van der Waals surface area contributed by atoms with Gasteiger partial charge in [0.15, 0.2) is 11.9 Å². The Kier molecular flexibility index (Phi) is 5.16. The Bertz CT molecular complexity index is 737. The third-order valence-corrected chi connectivity index (χ3v) is 3.57. The number of benzene rings is 2. The van der Waals surface area contributed by atoms with Crippen LogP contribution in [-0.2, 0) is 4.79 Å². The maximum absolute atomic E-state index is 12.3. The predicted molar refractivity (Wildman–Crippen MR) is 91.1 cm³/mol. The highest BCUT2D eigenvalue weighted by Crippen LogP contribution is 2.19. The number of rotatable bonds is 5. The molecule has 0 saturated heterocycles. The second-order valence-electron chi connectivity index (χ2n) is 5.65. The molecule has 2 aromatic rings. The van der Waals surface area contributed by atoms with Gasteiger partial charge in [0.1, 0.15) is 5.75 Å². The van der Waals surface area contributed by atoms with Crippen LogP contribution in [0.3, 0.4) is 0 Å². The van der Waals surface area contributed by atoms with Crippen LogP contribution in [0.15, 0.2) is 42.5 Å². The van der Waals surface area contributed by atoms with E-state index in [9.17, 15) is 9.59 Å². The van der Waals surface area contributed by atoms with Gasteiger partial charge in [-0.2, -0.15) is 0 Å². The van der Waals surface area contributed by atoms with Gasteiger partial charge in [-0.05, 0) is 57.0 Å². The van der Waals surface area contributed by atoms with Gasteiger partial charge in [0, 0.05) is 11.3 Å². The number of ketones is 1. The van der Waals surface area contributed by atoms with Gasteiger partial charge in [0.2, 0.25) is 0 Å². The van der Waals surface area contributed by atoms with Crippen LogP contribution in [0.4, 0.5) is 5.69 Å². The Hall–Kier alpha value is -2.62. The smallest absolute Gasteiger partial charge is 0.265 e. The summed E-state index contributed by atoms with van der Waals surface area (Å²) in [5.41, 5.74) is 3.41. The summed E-state index contributed by atoms with van der Waals surface area (Å²) in [5.74, 6) is 0.233. The third kappa shape index (κ3) is 4.42. The zero-order valence-electron chi connectivity index (χ0n) is 13.8. The molecule has 2 aromatic carbocycles. The minimum Gasteiger partial charge on any atom is -0.481 e. The van der Waals surface area contributed by atoms with Crippen LogP contribution in [0, 0.1) is 13.8 Å². The molecule has 0 aliphatic carbocycles. The predicted octanol–water partition coefficient (Wildman–Crippen LogP) is 3.91. The highest BCUT2D eigenvalue weighted by atomic mass is 16.5. The van der Waals surface area contributed by atoms with Crippen LogP contribution in [0.5, 0.6) is 5.75 Å². The van der Waals surface area contributed by atoms with Crippen molar-refractivity contribution in [1.82, 2.24) is 0 Å². The fraction of sp³-hybridized carbons (Fsp3) is 0.263. The highest BCUT2D eigenvalue weighted by molar-refractivity contribution is 5.95. The number of nitrogens with one attached hydrogen (secondary N) is 1. The van der Waals surface area contributed by atoms with E-state index < -0.39 is 6.10 Å². The summed E-state index contributed by atoms with van der Waals surface area (Å²) in [7, 11) is 0. The summed E-state index contributed by atoms with van der Waals surface area (Å²) in [5, 5.41) is 2.88. The van der Waals surface area contributed by atoms with Crippen LogP contribution >= 0.6 is 0 Å². The molecule has 0 unspecified atom stereocenters. The zero-order chi connectivity index (χ0) is 17.0. The van der Waals surface area contributed by atoms with Crippen molar-refractivity contribution in [3.8, 4) is 5.75 Å². The first kappa shape index (κ1) is 16.7. The van der Waals surface area contributed by atoms with Gasteiger partial charge in [-0.1, -0.05) is 24.3 Å². The fourth-order valence-corrected chi connectivity index (χ4v) is 2.15. The molecule has 0 bridgehead atoms. The number of aryl methyl sites for hydroxylation is 2. The van der Waals surface area contributed by atoms with Gasteiger partial charge in [-0.3, -0.25) is 9.59 Å². The molecule has 0 aromatic heterocycles. The molecule has 1 N–H and O–H groups in total. The Morgan fingerprint density at radius 1 is 1.09 bits per heavy atom. The van der Waals surface area contributed by atoms with E-state index in [4.69, 9.17) is 4.74 Å². The summed E-state index contributed by atoms with van der Waals surface area (Å²) >= 11 is 0. The van der Waals surface area contributed by atoms with Crippen LogP contribution in [0.2, 0.25) is 0 Å². The van der Waals surface area contributed by atoms with E-state index in [1.54, 1.807) is 31.2 Å². The monoisotopic (exact) mass is 311 g/mol. The minimum atomic E-state index is -0.669. The van der Waals surface area contributed by atoms with E-state index in [-0.39, 0.29) is 11.7 Å². The number of amides is 1.